The standard InChI is InChI=1S/C34H24ClN7O12S3/c1-17(43)36-33-31(57(52,53)54)16-30(56(49,50)51)23-9-11-28(34(45)32(23)33)42-41-27-10-6-20(14-29(27)44)38-40-26-13-12-25(39-37-19-4-2-18(35)3-5-19)22-8-7-21(15-24(22)26)55(46,47)48/h2-16,44-45H,1H3,(H,36,43)(H,46,47,48)(H,49,50,51)(H,52,53,54). The Bertz CT molecular complexity index is 3090. The van der Waals surface area contributed by atoms with Crippen LogP contribution in [0.1, 0.15) is 6.92 Å². The molecule has 57 heavy (non-hydrogen) atoms. The van der Waals surface area contributed by atoms with Crippen LogP contribution in [0.25, 0.3) is 21.5 Å². The van der Waals surface area contributed by atoms with E-state index in [0.717, 1.165) is 25.1 Å². The number of rotatable bonds is 10. The molecule has 0 radical (unpaired) electrons. The lowest BCUT2D eigenvalue weighted by Gasteiger charge is -2.16. The van der Waals surface area contributed by atoms with Gasteiger partial charge in [0.15, 0.2) is 5.75 Å². The molecule has 0 heterocycles. The van der Waals surface area contributed by atoms with Gasteiger partial charge >= 0.3 is 0 Å². The summed E-state index contributed by atoms with van der Waals surface area (Å²) in [5, 5.41) is 48.5. The maximum absolute atomic E-state index is 12.2. The van der Waals surface area contributed by atoms with E-state index < -0.39 is 84.6 Å². The fraction of sp³-hybridized carbons (Fsp3) is 0.0294. The molecule has 6 rings (SSSR count). The first-order valence-electron chi connectivity index (χ1n) is 15.6. The third kappa shape index (κ3) is 8.92. The summed E-state index contributed by atoms with van der Waals surface area (Å²) in [6, 6.07) is 19.5. The van der Waals surface area contributed by atoms with E-state index in [4.69, 9.17) is 11.6 Å². The molecule has 0 saturated carbocycles. The fourth-order valence-corrected chi connectivity index (χ4v) is 7.46. The average Bonchev–Trinajstić information content (AvgIpc) is 3.12. The van der Waals surface area contributed by atoms with Crippen molar-refractivity contribution in [3.63, 3.8) is 0 Å². The average molecular weight is 854 g/mol. The number of hydrogen-bond acceptors (Lipinski definition) is 15. The Balaban J connectivity index is 1.36. The highest BCUT2D eigenvalue weighted by atomic mass is 35.5. The number of aromatic hydroxyl groups is 2. The van der Waals surface area contributed by atoms with Crippen molar-refractivity contribution in [1.82, 2.24) is 0 Å². The minimum Gasteiger partial charge on any atom is -0.506 e. The molecule has 0 aliphatic rings. The van der Waals surface area contributed by atoms with Gasteiger partial charge < -0.3 is 15.5 Å². The van der Waals surface area contributed by atoms with Crippen LogP contribution in [0.4, 0.5) is 39.8 Å². The van der Waals surface area contributed by atoms with Gasteiger partial charge in [0.1, 0.15) is 26.9 Å². The van der Waals surface area contributed by atoms with Crippen LogP contribution in [0, 0.1) is 0 Å². The number of nitrogens with zero attached hydrogens (tertiary/aromatic N) is 6. The second kappa shape index (κ2) is 15.3. The summed E-state index contributed by atoms with van der Waals surface area (Å²) in [6.07, 6.45) is 0. The summed E-state index contributed by atoms with van der Waals surface area (Å²) in [6.45, 7) is 0.971. The number of carbonyl (C=O) groups excluding carboxylic acids is 1. The van der Waals surface area contributed by atoms with Gasteiger partial charge in [0.25, 0.3) is 30.4 Å². The van der Waals surface area contributed by atoms with E-state index >= 15 is 0 Å². The first-order chi connectivity index (χ1) is 26.7. The Kier molecular flexibility index (Phi) is 10.9. The number of nitrogens with one attached hydrogen (secondary N) is 1. The van der Waals surface area contributed by atoms with Crippen molar-refractivity contribution < 1.29 is 53.9 Å². The van der Waals surface area contributed by atoms with Gasteiger partial charge in [-0.3, -0.25) is 18.5 Å². The number of benzene rings is 6. The van der Waals surface area contributed by atoms with Gasteiger partial charge in [-0.05, 0) is 72.8 Å². The molecule has 6 aromatic carbocycles. The molecule has 0 aliphatic heterocycles. The van der Waals surface area contributed by atoms with E-state index in [1.54, 1.807) is 30.3 Å². The van der Waals surface area contributed by atoms with Crippen molar-refractivity contribution in [3.05, 3.63) is 96.0 Å². The van der Waals surface area contributed by atoms with Crippen molar-refractivity contribution in [2.24, 2.45) is 30.7 Å². The second-order valence-corrected chi connectivity index (χ2v) is 16.4. The maximum Gasteiger partial charge on any atom is 0.296 e. The molecule has 0 bridgehead atoms. The third-order valence-corrected chi connectivity index (χ3v) is 10.7. The minimum absolute atomic E-state index is 0.0704. The first-order valence-corrected chi connectivity index (χ1v) is 20.3. The highest BCUT2D eigenvalue weighted by Crippen LogP contribution is 2.45. The van der Waals surface area contributed by atoms with Crippen LogP contribution in [0.2, 0.25) is 5.02 Å². The Morgan fingerprint density at radius 3 is 1.68 bits per heavy atom. The van der Waals surface area contributed by atoms with Gasteiger partial charge in [0.2, 0.25) is 5.91 Å². The van der Waals surface area contributed by atoms with Crippen molar-refractivity contribution >= 4 is 109 Å². The normalized spacial score (nSPS) is 12.7. The Labute approximate surface area is 327 Å². The molecule has 6 N–H and O–H groups in total. The molecule has 6 aromatic rings. The molecule has 0 aromatic heterocycles. The van der Waals surface area contributed by atoms with Gasteiger partial charge in [0.05, 0.1) is 38.7 Å². The topological polar surface area (TPSA) is 307 Å². The van der Waals surface area contributed by atoms with E-state index in [1.807, 2.05) is 0 Å². The number of azo groups is 3. The highest BCUT2D eigenvalue weighted by Gasteiger charge is 2.28. The zero-order chi connectivity index (χ0) is 41.4. The summed E-state index contributed by atoms with van der Waals surface area (Å²) >= 11 is 5.93. The zero-order valence-corrected chi connectivity index (χ0v) is 31.7. The number of phenols is 2. The molecule has 292 valence electrons. The quantitative estimate of drug-likeness (QED) is 0.0555. The van der Waals surface area contributed by atoms with E-state index in [9.17, 15) is 53.9 Å². The van der Waals surface area contributed by atoms with Crippen molar-refractivity contribution in [2.45, 2.75) is 21.6 Å². The van der Waals surface area contributed by atoms with Gasteiger partial charge in [-0.15, -0.1) is 20.5 Å². The Morgan fingerprint density at radius 1 is 0.561 bits per heavy atom. The van der Waals surface area contributed by atoms with Crippen molar-refractivity contribution in [3.8, 4) is 11.5 Å². The maximum atomic E-state index is 12.2. The Hall–Kier alpha value is -6.27. The number of halogens is 1. The summed E-state index contributed by atoms with van der Waals surface area (Å²) in [4.78, 5) is 9.34. The highest BCUT2D eigenvalue weighted by molar-refractivity contribution is 7.87. The summed E-state index contributed by atoms with van der Waals surface area (Å²) in [5.74, 6) is -2.31. The third-order valence-electron chi connectivity index (χ3n) is 7.87. The lowest BCUT2D eigenvalue weighted by atomic mass is 10.1. The molecule has 0 spiro atoms. The number of amides is 1. The fourth-order valence-electron chi connectivity index (χ4n) is 5.36. The molecule has 23 heteroatoms. The van der Waals surface area contributed by atoms with Crippen LogP contribution in [0.3, 0.4) is 0 Å². The van der Waals surface area contributed by atoms with E-state index in [2.05, 4.69) is 36.0 Å². The molecule has 0 saturated heterocycles. The molecule has 0 aliphatic carbocycles. The first kappa shape index (κ1) is 40.4. The summed E-state index contributed by atoms with van der Waals surface area (Å²) < 4.78 is 102. The lowest BCUT2D eigenvalue weighted by Crippen LogP contribution is -2.13. The van der Waals surface area contributed by atoms with E-state index in [0.29, 0.717) is 27.8 Å². The zero-order valence-electron chi connectivity index (χ0n) is 28.5. The molecule has 1 amide bonds. The van der Waals surface area contributed by atoms with Gasteiger partial charge in [-0.25, -0.2) is 0 Å². The van der Waals surface area contributed by atoms with Gasteiger partial charge in [-0.1, -0.05) is 23.7 Å². The van der Waals surface area contributed by atoms with Gasteiger partial charge in [-0.2, -0.15) is 35.5 Å². The van der Waals surface area contributed by atoms with Crippen LogP contribution in [0.15, 0.2) is 136 Å². The predicted octanol–water partition coefficient (Wildman–Crippen LogP) is 9.00. The second-order valence-electron chi connectivity index (χ2n) is 11.8. The smallest absolute Gasteiger partial charge is 0.296 e. The van der Waals surface area contributed by atoms with Crippen LogP contribution >= 0.6 is 11.6 Å². The number of anilines is 1. The van der Waals surface area contributed by atoms with E-state index in [1.165, 1.54) is 36.4 Å². The number of phenolic OH excluding ortho intramolecular Hbond substituents is 2. The van der Waals surface area contributed by atoms with Crippen LogP contribution in [0.5, 0.6) is 11.5 Å². The largest absolute Gasteiger partial charge is 0.506 e. The summed E-state index contributed by atoms with van der Waals surface area (Å²) in [5.41, 5.74) is -0.321. The molecule has 19 nitrogen and oxygen atoms in total. The molecular formula is C34H24ClN7O12S3. The predicted molar refractivity (Wildman–Crippen MR) is 205 cm³/mol. The van der Waals surface area contributed by atoms with Gasteiger partial charge in [0, 0.05) is 34.2 Å². The minimum atomic E-state index is -5.26. The van der Waals surface area contributed by atoms with Crippen molar-refractivity contribution in [2.75, 3.05) is 5.32 Å². The molecular weight excluding hydrogens is 830 g/mol. The monoisotopic (exact) mass is 853 g/mol. The Morgan fingerprint density at radius 2 is 1.09 bits per heavy atom. The van der Waals surface area contributed by atoms with Crippen molar-refractivity contribution in [1.29, 1.82) is 0 Å². The van der Waals surface area contributed by atoms with Crippen LogP contribution in [-0.2, 0) is 35.1 Å². The lowest BCUT2D eigenvalue weighted by molar-refractivity contribution is -0.114. The summed E-state index contributed by atoms with van der Waals surface area (Å²) in [7, 11) is -15.0. The van der Waals surface area contributed by atoms with E-state index in [-0.39, 0.29) is 22.4 Å². The SMILES string of the molecule is CC(=O)Nc1c(S(=O)(=O)O)cc(S(=O)(=O)O)c2ccc(N=Nc3ccc(N=Nc4ccc(N=Nc5ccc(Cl)cc5)c5ccc(S(=O)(=O)O)cc45)cc3O)c(O)c12. The number of fused-ring (bicyclic) bond motifs is 2. The molecule has 0 unspecified atom stereocenters. The van der Waals surface area contributed by atoms with Crippen LogP contribution < -0.4 is 5.32 Å². The number of carbonyl (C=O) groups is 1. The molecule has 0 fully saturated rings. The van der Waals surface area contributed by atoms with Crippen LogP contribution in [-0.4, -0.2) is 55.0 Å². The molecule has 0 atom stereocenters. The number of hydrogen-bond donors (Lipinski definition) is 6.